The summed E-state index contributed by atoms with van der Waals surface area (Å²) in [6.07, 6.45) is 5.36. The van der Waals surface area contributed by atoms with Gasteiger partial charge >= 0.3 is 6.03 Å². The van der Waals surface area contributed by atoms with Gasteiger partial charge in [0, 0.05) is 32.0 Å². The van der Waals surface area contributed by atoms with Gasteiger partial charge in [-0.2, -0.15) is 20.1 Å². The van der Waals surface area contributed by atoms with Gasteiger partial charge in [-0.05, 0) is 19.3 Å². The second-order valence-electron chi connectivity index (χ2n) is 6.71. The number of urea groups is 1. The summed E-state index contributed by atoms with van der Waals surface area (Å²) in [7, 11) is 0. The number of hydroxylamine groups is 3. The van der Waals surface area contributed by atoms with Crippen LogP contribution >= 0.6 is 12.9 Å². The highest BCUT2D eigenvalue weighted by Gasteiger charge is 2.48. The Kier molecular flexibility index (Phi) is 4.98. The summed E-state index contributed by atoms with van der Waals surface area (Å²) in [6.45, 7) is 1.54. The summed E-state index contributed by atoms with van der Waals surface area (Å²) in [5, 5.41) is 12.8. The Bertz CT molecular complexity index is 660. The molecule has 0 aliphatic carbocycles. The Labute approximate surface area is 155 Å². The molecule has 3 fully saturated rings. The average molecular weight is 383 g/mol. The van der Waals surface area contributed by atoms with Crippen molar-refractivity contribution >= 4 is 24.8 Å². The van der Waals surface area contributed by atoms with E-state index >= 15 is 0 Å². The maximum atomic E-state index is 12.4. The number of nitrogens with one attached hydrogen (secondary N) is 2. The van der Waals surface area contributed by atoms with E-state index in [0.717, 1.165) is 13.0 Å². The minimum atomic E-state index is -0.551. The Morgan fingerprint density at radius 1 is 1.35 bits per heavy atom. The number of amides is 3. The van der Waals surface area contributed by atoms with Crippen LogP contribution in [0.3, 0.4) is 0 Å². The first kappa shape index (κ1) is 17.5. The van der Waals surface area contributed by atoms with Gasteiger partial charge < -0.3 is 10.2 Å². The van der Waals surface area contributed by atoms with Crippen LogP contribution in [0.5, 0.6) is 0 Å². The summed E-state index contributed by atoms with van der Waals surface area (Å²) in [6, 6.07) is -0.664. The molecule has 1 aromatic heterocycles. The number of fused-ring (bicyclic) bond motifs is 2. The largest absolute Gasteiger partial charge is 0.345 e. The number of rotatable bonds is 6. The van der Waals surface area contributed by atoms with Gasteiger partial charge in [0.25, 0.3) is 5.91 Å². The van der Waals surface area contributed by atoms with Crippen molar-refractivity contribution < 1.29 is 18.7 Å². The minimum Gasteiger partial charge on any atom is -0.309 e. The molecule has 0 saturated carbocycles. The van der Waals surface area contributed by atoms with Crippen molar-refractivity contribution in [1.82, 2.24) is 35.8 Å². The summed E-state index contributed by atoms with van der Waals surface area (Å²) in [4.78, 5) is 33.2. The zero-order valence-corrected chi connectivity index (χ0v) is 14.9. The highest BCUT2D eigenvalue weighted by Crippen LogP contribution is 2.30. The molecule has 2 unspecified atom stereocenters. The van der Waals surface area contributed by atoms with Gasteiger partial charge in [-0.3, -0.25) is 9.63 Å². The van der Waals surface area contributed by atoms with Gasteiger partial charge in [-0.1, -0.05) is 0 Å². The average Bonchev–Trinajstić information content (AvgIpc) is 3.37. The topological polar surface area (TPSA) is 114 Å². The number of hydrogen-bond donors (Lipinski definition) is 3. The van der Waals surface area contributed by atoms with Gasteiger partial charge in [0.1, 0.15) is 6.04 Å². The zero-order chi connectivity index (χ0) is 18.1. The molecule has 0 aromatic carbocycles. The lowest BCUT2D eigenvalue weighted by Gasteiger charge is -2.29. The van der Waals surface area contributed by atoms with Crippen LogP contribution in [0, 0.1) is 0 Å². The second kappa shape index (κ2) is 7.39. The van der Waals surface area contributed by atoms with E-state index in [4.69, 9.17) is 9.12 Å². The van der Waals surface area contributed by atoms with E-state index < -0.39 is 6.04 Å². The molecule has 142 valence electrons. The van der Waals surface area contributed by atoms with Crippen molar-refractivity contribution in [3.8, 4) is 0 Å². The minimum absolute atomic E-state index is 0.0551. The lowest BCUT2D eigenvalue weighted by molar-refractivity contribution is -0.139. The van der Waals surface area contributed by atoms with Crippen LogP contribution in [0.4, 0.5) is 4.79 Å². The molecule has 2 bridgehead atoms. The maximum absolute atomic E-state index is 12.4. The number of piperidine rings is 1. The predicted octanol–water partition coefficient (Wildman–Crippen LogP) is -0.726. The molecular weight excluding hydrogens is 362 g/mol. The molecule has 26 heavy (non-hydrogen) atoms. The molecule has 11 nitrogen and oxygen atoms in total. The normalized spacial score (nSPS) is 30.9. The molecular formula is C14H21N7O4S. The summed E-state index contributed by atoms with van der Waals surface area (Å²) < 4.78 is 4.81. The van der Waals surface area contributed by atoms with Gasteiger partial charge in [-0.25, -0.2) is 14.6 Å². The standard InChI is InChI=1S/C14H21N7O4S/c22-13(12-2-1-10-7-19(12)14(23)20(10)25-26)18-24-8-9-5-11(6-15-9)21-16-3-4-17-21/h3-4,9-12,15,26H,1-2,5-8H2,(H,18,22)/t9-,10?,11+,12?/m0/s1. The number of carbonyl (C=O) groups is 2. The van der Waals surface area contributed by atoms with Crippen LogP contribution in [0.2, 0.25) is 0 Å². The van der Waals surface area contributed by atoms with Crippen molar-refractivity contribution in [3.05, 3.63) is 12.4 Å². The third-order valence-corrected chi connectivity index (χ3v) is 5.31. The molecule has 12 heteroatoms. The Morgan fingerprint density at radius 2 is 2.15 bits per heavy atom. The van der Waals surface area contributed by atoms with E-state index in [1.165, 1.54) is 9.96 Å². The molecule has 4 rings (SSSR count). The molecule has 3 aliphatic rings. The molecule has 1 aromatic rings. The van der Waals surface area contributed by atoms with E-state index in [1.807, 2.05) is 0 Å². The molecule has 0 spiro atoms. The van der Waals surface area contributed by atoms with Gasteiger partial charge in [0.2, 0.25) is 0 Å². The smallest absolute Gasteiger partial charge is 0.309 e. The van der Waals surface area contributed by atoms with Crippen molar-refractivity contribution in [2.45, 2.75) is 43.4 Å². The first-order valence-corrected chi connectivity index (χ1v) is 8.96. The quantitative estimate of drug-likeness (QED) is 0.337. The van der Waals surface area contributed by atoms with Crippen LogP contribution in [-0.2, 0) is 13.9 Å². The Hall–Kier alpha value is -1.89. The zero-order valence-electron chi connectivity index (χ0n) is 14.0. The van der Waals surface area contributed by atoms with Crippen molar-refractivity contribution in [1.29, 1.82) is 0 Å². The number of carbonyl (C=O) groups excluding carboxylic acids is 2. The highest BCUT2D eigenvalue weighted by molar-refractivity contribution is 7.75. The fourth-order valence-corrected chi connectivity index (χ4v) is 4.01. The SMILES string of the molecule is O=C(NOC[C@@H]1C[C@@H](n2nccn2)CN1)C1CCC2CN1C(=O)N2OS. The molecule has 2 N–H and O–H groups in total. The Balaban J connectivity index is 1.23. The van der Waals surface area contributed by atoms with Crippen LogP contribution in [-0.4, -0.2) is 74.7 Å². The van der Waals surface area contributed by atoms with Crippen LogP contribution < -0.4 is 10.8 Å². The molecule has 3 saturated heterocycles. The summed E-state index contributed by atoms with van der Waals surface area (Å²) in [5.41, 5.74) is 2.48. The fourth-order valence-electron chi connectivity index (χ4n) is 3.81. The highest BCUT2D eigenvalue weighted by atomic mass is 32.1. The van der Waals surface area contributed by atoms with Crippen LogP contribution in [0.25, 0.3) is 0 Å². The van der Waals surface area contributed by atoms with E-state index in [1.54, 1.807) is 17.2 Å². The summed E-state index contributed by atoms with van der Waals surface area (Å²) >= 11 is 3.71. The van der Waals surface area contributed by atoms with Gasteiger partial charge in [-0.15, -0.1) is 0 Å². The molecule has 0 radical (unpaired) electrons. The molecule has 3 aliphatic heterocycles. The number of aromatic nitrogens is 3. The predicted molar refractivity (Wildman–Crippen MR) is 90.4 cm³/mol. The first-order chi connectivity index (χ1) is 12.7. The van der Waals surface area contributed by atoms with Crippen LogP contribution in [0.1, 0.15) is 25.3 Å². The van der Waals surface area contributed by atoms with E-state index in [9.17, 15) is 9.59 Å². The molecule has 4 heterocycles. The number of hydrogen-bond acceptors (Lipinski definition) is 8. The van der Waals surface area contributed by atoms with E-state index in [-0.39, 0.29) is 30.1 Å². The number of thiol groups is 1. The fraction of sp³-hybridized carbons (Fsp3) is 0.714. The second-order valence-corrected chi connectivity index (χ2v) is 6.87. The third-order valence-electron chi connectivity index (χ3n) is 5.13. The van der Waals surface area contributed by atoms with Gasteiger partial charge in [0.15, 0.2) is 0 Å². The van der Waals surface area contributed by atoms with Gasteiger partial charge in [0.05, 0.1) is 31.1 Å². The van der Waals surface area contributed by atoms with Crippen molar-refractivity contribution in [2.24, 2.45) is 0 Å². The number of nitrogens with zero attached hydrogens (tertiary/aromatic N) is 5. The Morgan fingerprint density at radius 3 is 2.92 bits per heavy atom. The van der Waals surface area contributed by atoms with Crippen molar-refractivity contribution in [2.75, 3.05) is 19.7 Å². The van der Waals surface area contributed by atoms with Crippen LogP contribution in [0.15, 0.2) is 12.4 Å². The molecule has 3 amide bonds. The van der Waals surface area contributed by atoms with E-state index in [0.29, 0.717) is 26.0 Å². The van der Waals surface area contributed by atoms with Crippen molar-refractivity contribution in [3.63, 3.8) is 0 Å². The first-order valence-electron chi connectivity index (χ1n) is 8.59. The lowest BCUT2D eigenvalue weighted by Crippen LogP contribution is -2.50. The maximum Gasteiger partial charge on any atom is 0.345 e. The monoisotopic (exact) mass is 383 g/mol. The third kappa shape index (κ3) is 3.24. The lowest BCUT2D eigenvalue weighted by atomic mass is 10.0. The van der Waals surface area contributed by atoms with E-state index in [2.05, 4.69) is 33.9 Å². The summed E-state index contributed by atoms with van der Waals surface area (Å²) in [5.74, 6) is -0.318. The molecule has 4 atom stereocenters.